The summed E-state index contributed by atoms with van der Waals surface area (Å²) in [7, 11) is 2.02. The minimum Gasteiger partial charge on any atom is -0.491 e. The van der Waals surface area contributed by atoms with E-state index in [9.17, 15) is 5.11 Å². The molecule has 3 fully saturated rings. The van der Waals surface area contributed by atoms with Crippen LogP contribution in [-0.2, 0) is 31.1 Å². The van der Waals surface area contributed by atoms with Crippen molar-refractivity contribution in [2.75, 3.05) is 63.2 Å². The highest BCUT2D eigenvalue weighted by atomic mass is 16.6. The van der Waals surface area contributed by atoms with Gasteiger partial charge >= 0.3 is 5.97 Å². The number of piperazine rings is 1. The van der Waals surface area contributed by atoms with Crippen molar-refractivity contribution < 1.29 is 29.0 Å². The van der Waals surface area contributed by atoms with Gasteiger partial charge in [-0.05, 0) is 71.3 Å². The largest absolute Gasteiger partial charge is 0.491 e. The highest BCUT2D eigenvalue weighted by molar-refractivity contribution is 6.12. The molecule has 2 N–H and O–H groups in total. The van der Waals surface area contributed by atoms with Crippen molar-refractivity contribution in [1.29, 1.82) is 0 Å². The summed E-state index contributed by atoms with van der Waals surface area (Å²) in [5.41, 5.74) is 3.68. The van der Waals surface area contributed by atoms with Crippen molar-refractivity contribution in [1.82, 2.24) is 24.7 Å². The molecular formula is C54H51N7O6. The number of aliphatic hydroxyl groups is 1. The summed E-state index contributed by atoms with van der Waals surface area (Å²) in [5.74, 6) is 5.29. The predicted octanol–water partition coefficient (Wildman–Crippen LogP) is 5.95. The quantitative estimate of drug-likeness (QED) is 0.118. The second kappa shape index (κ2) is 18.9. The van der Waals surface area contributed by atoms with E-state index in [0.717, 1.165) is 17.7 Å². The van der Waals surface area contributed by atoms with Crippen molar-refractivity contribution in [2.24, 2.45) is 5.92 Å². The van der Waals surface area contributed by atoms with Gasteiger partial charge in [-0.25, -0.2) is 9.97 Å². The lowest BCUT2D eigenvalue weighted by atomic mass is 9.65. The SMILES string of the molecule is CN(CC#Cc1ccc2c(c1)[C@]1(C(=O)N2)[C@H](c2ccc(OCCO)cc2)N2[C@H](c3ccccc3)[C@H](c3ccccc3)OC(=O)[C@H]2[C@@H]1C(=O)N1CCN(c2ncccn2)CC1)Cc1ccccc1. The first kappa shape index (κ1) is 43.5. The van der Waals surface area contributed by atoms with Crippen molar-refractivity contribution in [3.05, 3.63) is 185 Å². The lowest BCUT2D eigenvalue weighted by Crippen LogP contribution is -2.58. The summed E-state index contributed by atoms with van der Waals surface area (Å²) in [6.45, 7) is 2.70. The highest BCUT2D eigenvalue weighted by Gasteiger charge is 2.74. The van der Waals surface area contributed by atoms with E-state index in [0.29, 0.717) is 66.8 Å². The van der Waals surface area contributed by atoms with Gasteiger partial charge in [-0.3, -0.25) is 24.2 Å². The fourth-order valence-corrected chi connectivity index (χ4v) is 10.6. The molecule has 5 heterocycles. The zero-order valence-electron chi connectivity index (χ0n) is 37.1. The second-order valence-electron chi connectivity index (χ2n) is 17.4. The van der Waals surface area contributed by atoms with Crippen LogP contribution in [0, 0.1) is 17.8 Å². The number of cyclic esters (lactones) is 1. The zero-order chi connectivity index (χ0) is 45.9. The lowest BCUT2D eigenvalue weighted by Gasteiger charge is -2.46. The van der Waals surface area contributed by atoms with E-state index < -0.39 is 41.5 Å². The molecule has 13 heteroatoms. The molecule has 10 rings (SSSR count). The minimum atomic E-state index is -1.66. The number of esters is 1. The third-order valence-electron chi connectivity index (χ3n) is 13.4. The van der Waals surface area contributed by atoms with Crippen LogP contribution in [0.2, 0.25) is 0 Å². The maximum absolute atomic E-state index is 16.0. The van der Waals surface area contributed by atoms with E-state index in [1.54, 1.807) is 23.4 Å². The maximum Gasteiger partial charge on any atom is 0.324 e. The van der Waals surface area contributed by atoms with Crippen LogP contribution >= 0.6 is 0 Å². The van der Waals surface area contributed by atoms with Crippen LogP contribution in [0.25, 0.3) is 0 Å². The lowest BCUT2D eigenvalue weighted by molar-refractivity contribution is -0.179. The number of amides is 2. The van der Waals surface area contributed by atoms with Crippen LogP contribution in [0.5, 0.6) is 5.75 Å². The minimum absolute atomic E-state index is 0.101. The third-order valence-corrected chi connectivity index (χ3v) is 13.4. The molecule has 0 aliphatic carbocycles. The van der Waals surface area contributed by atoms with Gasteiger partial charge in [0.1, 0.15) is 29.9 Å². The molecular weight excluding hydrogens is 843 g/mol. The fraction of sp³-hybridized carbons (Fsp3) is 0.278. The molecule has 4 aliphatic rings. The third kappa shape index (κ3) is 8.18. The Kier molecular flexibility index (Phi) is 12.2. The Morgan fingerprint density at radius 3 is 2.18 bits per heavy atom. The van der Waals surface area contributed by atoms with Crippen LogP contribution in [-0.4, -0.2) is 107 Å². The molecule has 1 aromatic heterocycles. The highest BCUT2D eigenvalue weighted by Crippen LogP contribution is 2.65. The van der Waals surface area contributed by atoms with Gasteiger partial charge in [0.25, 0.3) is 0 Å². The number of fused-ring (bicyclic) bond motifs is 3. The number of anilines is 2. The fourth-order valence-electron chi connectivity index (χ4n) is 10.6. The van der Waals surface area contributed by atoms with Crippen LogP contribution in [0.15, 0.2) is 152 Å². The summed E-state index contributed by atoms with van der Waals surface area (Å²) in [6.07, 6.45) is 2.59. The van der Waals surface area contributed by atoms with E-state index in [-0.39, 0.29) is 25.0 Å². The second-order valence-corrected chi connectivity index (χ2v) is 17.4. The molecule has 5 aromatic carbocycles. The first-order chi connectivity index (χ1) is 32.8. The molecule has 0 saturated carbocycles. The van der Waals surface area contributed by atoms with Gasteiger partial charge in [0, 0.05) is 56.4 Å². The van der Waals surface area contributed by atoms with E-state index in [2.05, 4.69) is 49.1 Å². The first-order valence-corrected chi connectivity index (χ1v) is 22.7. The van der Waals surface area contributed by atoms with Crippen molar-refractivity contribution in [3.63, 3.8) is 0 Å². The molecule has 6 atom stereocenters. The van der Waals surface area contributed by atoms with E-state index in [4.69, 9.17) is 9.47 Å². The summed E-state index contributed by atoms with van der Waals surface area (Å²) in [6, 6.07) is 41.9. The molecule has 4 aliphatic heterocycles. The number of nitrogens with zero attached hydrogens (tertiary/aromatic N) is 6. The number of nitrogens with one attached hydrogen (secondary N) is 1. The average Bonchev–Trinajstić information content (AvgIpc) is 3.85. The van der Waals surface area contributed by atoms with Crippen LogP contribution < -0.4 is 15.0 Å². The van der Waals surface area contributed by atoms with Crippen molar-refractivity contribution in [2.45, 2.75) is 36.2 Å². The monoisotopic (exact) mass is 893 g/mol. The van der Waals surface area contributed by atoms with Gasteiger partial charge in [0.2, 0.25) is 17.8 Å². The summed E-state index contributed by atoms with van der Waals surface area (Å²) in [5, 5.41) is 12.8. The number of carbonyl (C=O) groups is 3. The standard InChI is InChI=1S/C54H51N7O6/c1-58(36-38-13-5-2-6-14-38)28-11-15-37-20-25-44-43(35-37)54(52(65)57-44)45(50(63)59-29-31-60(32-30-59)53-55-26-12-27-56-53)47-51(64)67-48(40-18-9-4-10-19-40)46(39-16-7-3-8-17-39)61(47)49(54)41-21-23-42(24-22-41)66-34-33-62/h2-10,12-14,16-27,35,45-49,62H,28-34,36H2,1H3,(H,57,65)/t45-,46-,47-,48+,49+,54-/m1/s1. The maximum atomic E-state index is 16.0. The molecule has 1 spiro atoms. The molecule has 0 bridgehead atoms. The number of ether oxygens (including phenoxy) is 2. The van der Waals surface area contributed by atoms with Gasteiger partial charge in [0.15, 0.2) is 0 Å². The van der Waals surface area contributed by atoms with Gasteiger partial charge in [-0.2, -0.15) is 0 Å². The zero-order valence-corrected chi connectivity index (χ0v) is 37.1. The number of aliphatic hydroxyl groups excluding tert-OH is 1. The molecule has 338 valence electrons. The molecule has 3 saturated heterocycles. The molecule has 13 nitrogen and oxygen atoms in total. The molecule has 67 heavy (non-hydrogen) atoms. The molecule has 0 radical (unpaired) electrons. The molecule has 6 aromatic rings. The number of rotatable bonds is 11. The number of morpholine rings is 1. The van der Waals surface area contributed by atoms with E-state index >= 15 is 14.4 Å². The average molecular weight is 894 g/mol. The van der Waals surface area contributed by atoms with Gasteiger partial charge in [-0.15, -0.1) is 0 Å². The number of benzene rings is 5. The van der Waals surface area contributed by atoms with E-state index in [1.807, 2.05) is 133 Å². The molecule has 2 amide bonds. The summed E-state index contributed by atoms with van der Waals surface area (Å²) in [4.78, 5) is 64.0. The summed E-state index contributed by atoms with van der Waals surface area (Å²) >= 11 is 0. The van der Waals surface area contributed by atoms with Crippen LogP contribution in [0.1, 0.15) is 51.6 Å². The topological polar surface area (TPSA) is 141 Å². The van der Waals surface area contributed by atoms with Crippen LogP contribution in [0.3, 0.4) is 0 Å². The Labute approximate surface area is 390 Å². The predicted molar refractivity (Wildman–Crippen MR) is 253 cm³/mol. The Morgan fingerprint density at radius 1 is 0.821 bits per heavy atom. The smallest absolute Gasteiger partial charge is 0.324 e. The van der Waals surface area contributed by atoms with Gasteiger partial charge < -0.3 is 29.7 Å². The van der Waals surface area contributed by atoms with E-state index in [1.165, 1.54) is 5.56 Å². The summed E-state index contributed by atoms with van der Waals surface area (Å²) < 4.78 is 12.5. The Balaban J connectivity index is 1.14. The van der Waals surface area contributed by atoms with Crippen molar-refractivity contribution >= 4 is 29.4 Å². The Morgan fingerprint density at radius 2 is 1.49 bits per heavy atom. The molecule has 0 unspecified atom stereocenters. The number of carbonyl (C=O) groups excluding carboxylic acids is 3. The normalized spacial score (nSPS) is 23.2. The number of hydrogen-bond donors (Lipinski definition) is 2. The van der Waals surface area contributed by atoms with Crippen LogP contribution in [0.4, 0.5) is 11.6 Å². The first-order valence-electron chi connectivity index (χ1n) is 22.7. The Bertz CT molecular complexity index is 2780. The number of hydrogen-bond acceptors (Lipinski definition) is 11. The Hall–Kier alpha value is -7.37. The van der Waals surface area contributed by atoms with Crippen molar-refractivity contribution in [3.8, 4) is 17.6 Å². The number of aromatic nitrogens is 2. The van der Waals surface area contributed by atoms with Gasteiger partial charge in [0.05, 0.1) is 31.2 Å². The van der Waals surface area contributed by atoms with Gasteiger partial charge in [-0.1, -0.05) is 115 Å².